The number of halogens is 2. The lowest BCUT2D eigenvalue weighted by molar-refractivity contribution is 0.462. The molecule has 7 nitrogen and oxygen atoms in total. The molecule has 0 amide bonds. The third-order valence-corrected chi connectivity index (χ3v) is 5.64. The summed E-state index contributed by atoms with van der Waals surface area (Å²) in [7, 11) is 0.439. The Bertz CT molecular complexity index is 887. The van der Waals surface area contributed by atoms with Gasteiger partial charge in [-0.2, -0.15) is 0 Å². The lowest BCUT2D eigenvalue weighted by atomic mass is 10.2. The second-order valence-corrected chi connectivity index (χ2v) is 8.84. The number of benzene rings is 1. The molecule has 0 unspecified atom stereocenters. The molecule has 1 aromatic carbocycles. The smallest absolute Gasteiger partial charge is 0.213 e. The van der Waals surface area contributed by atoms with Gasteiger partial charge in [0, 0.05) is 39.1 Å². The Hall–Kier alpha value is -1.30. The van der Waals surface area contributed by atoms with Gasteiger partial charge in [0.1, 0.15) is 0 Å². The fourth-order valence-electron chi connectivity index (χ4n) is 2.64. The zero-order valence-electron chi connectivity index (χ0n) is 16.9. The van der Waals surface area contributed by atoms with Crippen molar-refractivity contribution in [3.63, 3.8) is 0 Å². The van der Waals surface area contributed by atoms with Crippen molar-refractivity contribution in [2.24, 2.45) is 12.0 Å². The number of guanidine groups is 1. The first kappa shape index (κ1) is 25.7. The minimum atomic E-state index is -3.40. The molecule has 0 saturated carbocycles. The molecule has 0 radical (unpaired) electrons. The van der Waals surface area contributed by atoms with Crippen LogP contribution in [0.5, 0.6) is 0 Å². The van der Waals surface area contributed by atoms with Crippen molar-refractivity contribution in [2.45, 2.75) is 20.0 Å². The lowest BCUT2D eigenvalue weighted by Gasteiger charge is -2.22. The molecule has 29 heavy (non-hydrogen) atoms. The molecule has 2 rings (SSSR count). The maximum absolute atomic E-state index is 12.2. The van der Waals surface area contributed by atoms with Crippen LogP contribution in [0.3, 0.4) is 0 Å². The molecule has 1 heterocycles. The van der Waals surface area contributed by atoms with Gasteiger partial charge in [0.2, 0.25) is 10.0 Å². The Balaban J connectivity index is 0.00000420. The highest BCUT2D eigenvalue weighted by molar-refractivity contribution is 14.0. The number of nitrogens with one attached hydrogen (secondary N) is 2. The number of nitrogens with zero attached hydrogens (tertiary/aromatic N) is 3. The van der Waals surface area contributed by atoms with Gasteiger partial charge in [-0.25, -0.2) is 13.1 Å². The van der Waals surface area contributed by atoms with Gasteiger partial charge < -0.3 is 14.8 Å². The molecule has 162 valence electrons. The van der Waals surface area contributed by atoms with Crippen LogP contribution in [0, 0.1) is 0 Å². The Kier molecular flexibility index (Phi) is 11.0. The first-order valence-corrected chi connectivity index (χ1v) is 11.1. The van der Waals surface area contributed by atoms with Crippen molar-refractivity contribution in [3.8, 4) is 0 Å². The number of aliphatic imine (C=N–C) groups is 1. The van der Waals surface area contributed by atoms with Crippen molar-refractivity contribution in [3.05, 3.63) is 58.9 Å². The monoisotopic (exact) mass is 553 g/mol. The summed E-state index contributed by atoms with van der Waals surface area (Å²) in [6, 6.07) is 11.3. The van der Waals surface area contributed by atoms with Gasteiger partial charge in [0.05, 0.1) is 23.9 Å². The summed E-state index contributed by atoms with van der Waals surface area (Å²) in [5.74, 6) is 0.580. The van der Waals surface area contributed by atoms with E-state index in [4.69, 9.17) is 11.6 Å². The van der Waals surface area contributed by atoms with Gasteiger partial charge in [-0.15, -0.1) is 24.0 Å². The highest BCUT2D eigenvalue weighted by Gasteiger charge is 2.12. The summed E-state index contributed by atoms with van der Waals surface area (Å²) >= 11 is 6.04. The largest absolute Gasteiger partial charge is 0.357 e. The standard InChI is InChI=1S/C19H28ClN5O2S.HI/c1-4-21-19(25(3)15-18-12-17(20)14-24(18)2)22-10-11-28(26,27)23-13-16-8-6-5-7-9-16;/h5-9,12,14,23H,4,10-11,13,15H2,1-3H3,(H,21,22);1H. The Labute approximate surface area is 195 Å². The van der Waals surface area contributed by atoms with Gasteiger partial charge in [-0.05, 0) is 18.6 Å². The quantitative estimate of drug-likeness (QED) is 0.284. The van der Waals surface area contributed by atoms with Gasteiger partial charge >= 0.3 is 0 Å². The van der Waals surface area contributed by atoms with E-state index < -0.39 is 10.0 Å². The van der Waals surface area contributed by atoms with E-state index in [0.29, 0.717) is 24.1 Å². The van der Waals surface area contributed by atoms with Gasteiger partial charge in [0.15, 0.2) is 5.96 Å². The molecule has 0 aliphatic heterocycles. The SMILES string of the molecule is CCNC(=NCCS(=O)(=O)NCc1ccccc1)N(C)Cc1cc(Cl)cn1C.I. The van der Waals surface area contributed by atoms with Gasteiger partial charge in [0.25, 0.3) is 0 Å². The third-order valence-electron chi connectivity index (χ3n) is 4.13. The summed E-state index contributed by atoms with van der Waals surface area (Å²) in [5, 5.41) is 3.88. The number of rotatable bonds is 9. The fraction of sp³-hybridized carbons (Fsp3) is 0.421. The molecule has 0 bridgehead atoms. The van der Waals surface area contributed by atoms with Crippen molar-refractivity contribution in [2.75, 3.05) is 25.9 Å². The maximum Gasteiger partial charge on any atom is 0.213 e. The highest BCUT2D eigenvalue weighted by atomic mass is 127. The number of aromatic nitrogens is 1. The summed E-state index contributed by atoms with van der Waals surface area (Å²) in [6.07, 6.45) is 1.85. The number of hydrogen-bond donors (Lipinski definition) is 2. The Morgan fingerprint density at radius 2 is 1.97 bits per heavy atom. The Morgan fingerprint density at radius 1 is 1.28 bits per heavy atom. The van der Waals surface area contributed by atoms with Crippen LogP contribution in [0.2, 0.25) is 5.02 Å². The second kappa shape index (κ2) is 12.4. The van der Waals surface area contributed by atoms with E-state index >= 15 is 0 Å². The van der Waals surface area contributed by atoms with Crippen LogP contribution >= 0.6 is 35.6 Å². The van der Waals surface area contributed by atoms with E-state index in [-0.39, 0.29) is 42.8 Å². The zero-order chi connectivity index (χ0) is 20.6. The predicted molar refractivity (Wildman–Crippen MR) is 130 cm³/mol. The van der Waals surface area contributed by atoms with Crippen LogP contribution in [0.1, 0.15) is 18.2 Å². The summed E-state index contributed by atoms with van der Waals surface area (Å²) < 4.78 is 29.0. The topological polar surface area (TPSA) is 78.7 Å². The van der Waals surface area contributed by atoms with E-state index in [1.54, 1.807) is 0 Å². The van der Waals surface area contributed by atoms with E-state index in [1.165, 1.54) is 0 Å². The molecule has 0 aliphatic rings. The molecule has 0 aliphatic carbocycles. The maximum atomic E-state index is 12.2. The lowest BCUT2D eigenvalue weighted by Crippen LogP contribution is -2.39. The third kappa shape index (κ3) is 8.93. The number of hydrogen-bond acceptors (Lipinski definition) is 3. The van der Waals surface area contributed by atoms with Crippen LogP contribution in [-0.2, 0) is 30.2 Å². The van der Waals surface area contributed by atoms with E-state index in [9.17, 15) is 8.42 Å². The Morgan fingerprint density at radius 3 is 2.55 bits per heavy atom. The highest BCUT2D eigenvalue weighted by Crippen LogP contribution is 2.14. The van der Waals surface area contributed by atoms with Crippen LogP contribution in [-0.4, -0.2) is 49.7 Å². The molecular formula is C19H29ClIN5O2S. The number of aryl methyl sites for hydroxylation is 1. The van der Waals surface area contributed by atoms with Gasteiger partial charge in [-0.1, -0.05) is 41.9 Å². The normalized spacial score (nSPS) is 11.8. The molecule has 0 spiro atoms. The fourth-order valence-corrected chi connectivity index (χ4v) is 3.78. The van der Waals surface area contributed by atoms with Crippen molar-refractivity contribution >= 4 is 51.6 Å². The molecule has 1 aromatic heterocycles. The minimum absolute atomic E-state index is 0. The summed E-state index contributed by atoms with van der Waals surface area (Å²) in [5.41, 5.74) is 1.96. The average Bonchev–Trinajstić information content (AvgIpc) is 2.97. The average molecular weight is 554 g/mol. The number of sulfonamides is 1. The summed E-state index contributed by atoms with van der Waals surface area (Å²) in [4.78, 5) is 6.40. The molecular weight excluding hydrogens is 525 g/mol. The molecule has 2 N–H and O–H groups in total. The molecule has 10 heteroatoms. The first-order chi connectivity index (χ1) is 13.3. The molecule has 0 fully saturated rings. The summed E-state index contributed by atoms with van der Waals surface area (Å²) in [6.45, 7) is 3.72. The zero-order valence-corrected chi connectivity index (χ0v) is 20.8. The van der Waals surface area contributed by atoms with Crippen LogP contribution in [0.25, 0.3) is 0 Å². The van der Waals surface area contributed by atoms with E-state index in [0.717, 1.165) is 11.3 Å². The van der Waals surface area contributed by atoms with E-state index in [1.807, 2.05) is 73.1 Å². The molecule has 0 atom stereocenters. The predicted octanol–water partition coefficient (Wildman–Crippen LogP) is 2.81. The minimum Gasteiger partial charge on any atom is -0.357 e. The van der Waals surface area contributed by atoms with E-state index in [2.05, 4.69) is 15.0 Å². The van der Waals surface area contributed by atoms with Crippen molar-refractivity contribution in [1.82, 2.24) is 19.5 Å². The van der Waals surface area contributed by atoms with Gasteiger partial charge in [-0.3, -0.25) is 4.99 Å². The van der Waals surface area contributed by atoms with Crippen LogP contribution in [0.4, 0.5) is 0 Å². The van der Waals surface area contributed by atoms with Crippen LogP contribution < -0.4 is 10.0 Å². The second-order valence-electron chi connectivity index (χ2n) is 6.48. The van der Waals surface area contributed by atoms with Crippen LogP contribution in [0.15, 0.2) is 47.6 Å². The molecule has 2 aromatic rings. The molecule has 0 saturated heterocycles. The van der Waals surface area contributed by atoms with Crippen molar-refractivity contribution < 1.29 is 8.42 Å². The van der Waals surface area contributed by atoms with Crippen molar-refractivity contribution in [1.29, 1.82) is 0 Å². The first-order valence-electron chi connectivity index (χ1n) is 9.12.